The van der Waals surface area contributed by atoms with Crippen molar-refractivity contribution >= 4 is 17.6 Å². The predicted molar refractivity (Wildman–Crippen MR) is 87.8 cm³/mol. The Bertz CT molecular complexity index is 707. The molecular weight excluding hydrogens is 294 g/mol. The Kier molecular flexibility index (Phi) is 5.36. The molecule has 1 amide bonds. The fourth-order valence-electron chi connectivity index (χ4n) is 1.99. The molecule has 120 valence electrons. The number of nitrogens with one attached hydrogen (secondary N) is 1. The van der Waals surface area contributed by atoms with Gasteiger partial charge in [-0.15, -0.1) is 0 Å². The number of hydrogen-bond acceptors (Lipinski definition) is 4. The molecule has 0 heterocycles. The largest absolute Gasteiger partial charge is 0.482 e. The van der Waals surface area contributed by atoms with E-state index in [9.17, 15) is 9.59 Å². The quantitative estimate of drug-likeness (QED) is 0.680. The van der Waals surface area contributed by atoms with Crippen LogP contribution >= 0.6 is 0 Å². The molecule has 0 saturated heterocycles. The monoisotopic (exact) mass is 313 g/mol. The summed E-state index contributed by atoms with van der Waals surface area (Å²) in [6, 6.07) is 12.2. The lowest BCUT2D eigenvalue weighted by Gasteiger charge is -2.10. The molecule has 23 heavy (non-hydrogen) atoms. The lowest BCUT2D eigenvalue weighted by molar-refractivity contribution is -0.136. The number of ether oxygens (including phenoxy) is 2. The summed E-state index contributed by atoms with van der Waals surface area (Å²) in [5.41, 5.74) is 2.74. The highest BCUT2D eigenvalue weighted by atomic mass is 16.6. The number of esters is 1. The maximum Gasteiger partial charge on any atom is 0.349 e. The van der Waals surface area contributed by atoms with Crippen LogP contribution in [0.2, 0.25) is 0 Å². The first-order chi connectivity index (χ1) is 11.0. The second-order valence-corrected chi connectivity index (χ2v) is 5.17. The molecule has 0 saturated carbocycles. The highest BCUT2D eigenvalue weighted by Gasteiger charge is 2.08. The number of benzene rings is 2. The van der Waals surface area contributed by atoms with Crippen LogP contribution in [0.5, 0.6) is 11.5 Å². The van der Waals surface area contributed by atoms with E-state index >= 15 is 0 Å². The molecule has 0 aliphatic rings. The van der Waals surface area contributed by atoms with Crippen LogP contribution in [0.1, 0.15) is 18.1 Å². The van der Waals surface area contributed by atoms with E-state index in [2.05, 4.69) is 5.32 Å². The molecule has 2 aromatic carbocycles. The average molecular weight is 313 g/mol. The Morgan fingerprint density at radius 2 is 1.74 bits per heavy atom. The standard InChI is InChI=1S/C18H19NO4/c1-12-5-4-6-17(13(12)2)22-11-18(21)23-16-9-7-15(8-10-16)19-14(3)20/h4-10H,11H2,1-3H3,(H,19,20). The topological polar surface area (TPSA) is 64.6 Å². The minimum absolute atomic E-state index is 0.156. The Balaban J connectivity index is 1.89. The molecule has 5 heteroatoms. The van der Waals surface area contributed by atoms with Crippen LogP contribution in [0.4, 0.5) is 5.69 Å². The van der Waals surface area contributed by atoms with Crippen molar-refractivity contribution in [1.82, 2.24) is 0 Å². The van der Waals surface area contributed by atoms with Gasteiger partial charge in [-0.2, -0.15) is 0 Å². The van der Waals surface area contributed by atoms with Crippen LogP contribution < -0.4 is 14.8 Å². The van der Waals surface area contributed by atoms with Crippen molar-refractivity contribution in [2.75, 3.05) is 11.9 Å². The van der Waals surface area contributed by atoms with Crippen molar-refractivity contribution in [3.8, 4) is 11.5 Å². The van der Waals surface area contributed by atoms with Crippen LogP contribution in [0.25, 0.3) is 0 Å². The van der Waals surface area contributed by atoms with Crippen LogP contribution in [0.15, 0.2) is 42.5 Å². The molecule has 0 unspecified atom stereocenters. The molecular formula is C18H19NO4. The highest BCUT2D eigenvalue weighted by Crippen LogP contribution is 2.21. The summed E-state index contributed by atoms with van der Waals surface area (Å²) in [7, 11) is 0. The third-order valence-corrected chi connectivity index (χ3v) is 3.31. The third kappa shape index (κ3) is 4.85. The molecule has 2 rings (SSSR count). The number of rotatable bonds is 5. The van der Waals surface area contributed by atoms with Crippen LogP contribution in [-0.4, -0.2) is 18.5 Å². The number of aryl methyl sites for hydroxylation is 1. The summed E-state index contributed by atoms with van der Waals surface area (Å²) in [6.45, 7) is 5.18. The number of carbonyl (C=O) groups excluding carboxylic acids is 2. The number of hydrogen-bond donors (Lipinski definition) is 1. The van der Waals surface area contributed by atoms with E-state index in [0.717, 1.165) is 11.1 Å². The maximum absolute atomic E-state index is 11.8. The fourth-order valence-corrected chi connectivity index (χ4v) is 1.99. The van der Waals surface area contributed by atoms with Gasteiger partial charge in [0.15, 0.2) is 6.61 Å². The van der Waals surface area contributed by atoms with Gasteiger partial charge in [-0.1, -0.05) is 12.1 Å². The molecule has 0 atom stereocenters. The number of amides is 1. The van der Waals surface area contributed by atoms with Crippen molar-refractivity contribution in [2.45, 2.75) is 20.8 Å². The summed E-state index contributed by atoms with van der Waals surface area (Å²) < 4.78 is 10.7. The zero-order valence-electron chi connectivity index (χ0n) is 13.4. The highest BCUT2D eigenvalue weighted by molar-refractivity contribution is 5.88. The van der Waals surface area contributed by atoms with Crippen molar-refractivity contribution in [3.05, 3.63) is 53.6 Å². The molecule has 0 spiro atoms. The summed E-state index contributed by atoms with van der Waals surface area (Å²) in [4.78, 5) is 22.8. The molecule has 0 aliphatic carbocycles. The van der Waals surface area contributed by atoms with E-state index in [1.54, 1.807) is 24.3 Å². The first-order valence-corrected chi connectivity index (χ1v) is 7.23. The first kappa shape index (κ1) is 16.5. The third-order valence-electron chi connectivity index (χ3n) is 3.31. The van der Waals surface area contributed by atoms with Crippen LogP contribution in [0.3, 0.4) is 0 Å². The normalized spacial score (nSPS) is 10.0. The van der Waals surface area contributed by atoms with Gasteiger partial charge in [0.2, 0.25) is 5.91 Å². The number of anilines is 1. The van der Waals surface area contributed by atoms with Crippen LogP contribution in [-0.2, 0) is 9.59 Å². The van der Waals surface area contributed by atoms with Crippen molar-refractivity contribution < 1.29 is 19.1 Å². The van der Waals surface area contributed by atoms with Gasteiger partial charge in [0, 0.05) is 12.6 Å². The van der Waals surface area contributed by atoms with Gasteiger partial charge in [-0.3, -0.25) is 4.79 Å². The first-order valence-electron chi connectivity index (χ1n) is 7.23. The average Bonchev–Trinajstić information content (AvgIpc) is 2.50. The van der Waals surface area contributed by atoms with Crippen molar-refractivity contribution in [3.63, 3.8) is 0 Å². The lowest BCUT2D eigenvalue weighted by Crippen LogP contribution is -2.18. The summed E-state index contributed by atoms with van der Waals surface area (Å²) >= 11 is 0. The maximum atomic E-state index is 11.8. The van der Waals surface area contributed by atoms with Crippen molar-refractivity contribution in [2.24, 2.45) is 0 Å². The summed E-state index contributed by atoms with van der Waals surface area (Å²) in [5, 5.41) is 2.64. The zero-order valence-corrected chi connectivity index (χ0v) is 13.4. The van der Waals surface area contributed by atoms with Gasteiger partial charge in [0.25, 0.3) is 0 Å². The zero-order chi connectivity index (χ0) is 16.8. The number of carbonyl (C=O) groups is 2. The second-order valence-electron chi connectivity index (χ2n) is 5.17. The van der Waals surface area contributed by atoms with Gasteiger partial charge in [-0.25, -0.2) is 4.79 Å². The molecule has 2 aromatic rings. The van der Waals surface area contributed by atoms with E-state index in [1.165, 1.54) is 6.92 Å². The minimum atomic E-state index is -0.488. The van der Waals surface area contributed by atoms with E-state index in [-0.39, 0.29) is 12.5 Å². The Morgan fingerprint density at radius 3 is 2.39 bits per heavy atom. The van der Waals surface area contributed by atoms with E-state index < -0.39 is 5.97 Å². The Labute approximate surface area is 135 Å². The Hall–Kier alpha value is -2.82. The molecule has 0 fully saturated rings. The fraction of sp³-hybridized carbons (Fsp3) is 0.222. The van der Waals surface area contributed by atoms with E-state index in [0.29, 0.717) is 17.2 Å². The van der Waals surface area contributed by atoms with Gasteiger partial charge in [0.1, 0.15) is 11.5 Å². The van der Waals surface area contributed by atoms with Crippen LogP contribution in [0, 0.1) is 13.8 Å². The molecule has 0 radical (unpaired) electrons. The van der Waals surface area contributed by atoms with Crippen molar-refractivity contribution in [1.29, 1.82) is 0 Å². The Morgan fingerprint density at radius 1 is 1.04 bits per heavy atom. The molecule has 0 bridgehead atoms. The summed E-state index contributed by atoms with van der Waals surface area (Å²) in [5.74, 6) is 0.423. The SMILES string of the molecule is CC(=O)Nc1ccc(OC(=O)COc2cccc(C)c2C)cc1. The van der Waals surface area contributed by atoms with Gasteiger partial charge in [0.05, 0.1) is 0 Å². The smallest absolute Gasteiger partial charge is 0.349 e. The van der Waals surface area contributed by atoms with E-state index in [4.69, 9.17) is 9.47 Å². The molecule has 0 aliphatic heterocycles. The molecule has 5 nitrogen and oxygen atoms in total. The van der Waals surface area contributed by atoms with Gasteiger partial charge < -0.3 is 14.8 Å². The predicted octanol–water partition coefficient (Wildman–Crippen LogP) is 3.25. The summed E-state index contributed by atoms with van der Waals surface area (Å²) in [6.07, 6.45) is 0. The molecule has 1 N–H and O–H groups in total. The molecule has 0 aromatic heterocycles. The van der Waals surface area contributed by atoms with E-state index in [1.807, 2.05) is 32.0 Å². The van der Waals surface area contributed by atoms with Gasteiger partial charge >= 0.3 is 5.97 Å². The lowest BCUT2D eigenvalue weighted by atomic mass is 10.1. The van der Waals surface area contributed by atoms with Gasteiger partial charge in [-0.05, 0) is 55.3 Å². The minimum Gasteiger partial charge on any atom is -0.482 e. The second kappa shape index (κ2) is 7.45.